The average Bonchev–Trinajstić information content (AvgIpc) is 2.53. The van der Waals surface area contributed by atoms with Crippen molar-refractivity contribution in [2.75, 3.05) is 6.61 Å². The molecule has 0 aliphatic carbocycles. The van der Waals surface area contributed by atoms with E-state index in [4.69, 9.17) is 4.74 Å². The number of carbonyl (C=O) groups is 1. The van der Waals surface area contributed by atoms with Crippen LogP contribution < -0.4 is 0 Å². The predicted molar refractivity (Wildman–Crippen MR) is 97.5 cm³/mol. The Kier molecular flexibility index (Phi) is 15.9. The molecule has 0 rings (SSSR count). The van der Waals surface area contributed by atoms with Crippen molar-refractivity contribution in [1.29, 1.82) is 0 Å². The molecule has 0 radical (unpaired) electrons. The van der Waals surface area contributed by atoms with Crippen molar-refractivity contribution >= 4 is 5.97 Å². The van der Waals surface area contributed by atoms with Crippen molar-refractivity contribution in [1.82, 2.24) is 0 Å². The van der Waals surface area contributed by atoms with Crippen molar-refractivity contribution in [2.24, 2.45) is 5.92 Å². The molecule has 1 atom stereocenters. The van der Waals surface area contributed by atoms with Gasteiger partial charge in [-0.1, -0.05) is 97.8 Å². The molecule has 0 amide bonds. The summed E-state index contributed by atoms with van der Waals surface area (Å²) in [6.07, 6.45) is 16.1. The van der Waals surface area contributed by atoms with Gasteiger partial charge in [-0.2, -0.15) is 0 Å². The SMILES string of the molecule is CCCCCCCCCCCCCCC(O)COC(=O)C(C)C. The quantitative estimate of drug-likeness (QED) is 0.295. The van der Waals surface area contributed by atoms with E-state index in [0.717, 1.165) is 12.8 Å². The van der Waals surface area contributed by atoms with E-state index in [1.807, 2.05) is 0 Å². The van der Waals surface area contributed by atoms with E-state index in [0.29, 0.717) is 0 Å². The Morgan fingerprint density at radius 3 is 1.70 bits per heavy atom. The monoisotopic (exact) mass is 328 g/mol. The first-order valence-electron chi connectivity index (χ1n) is 9.92. The molecular weight excluding hydrogens is 288 g/mol. The number of carbonyl (C=O) groups excluding carboxylic acids is 1. The summed E-state index contributed by atoms with van der Waals surface area (Å²) in [5, 5.41) is 9.76. The molecule has 3 heteroatoms. The third kappa shape index (κ3) is 16.1. The molecule has 0 spiro atoms. The number of hydrogen-bond acceptors (Lipinski definition) is 3. The van der Waals surface area contributed by atoms with Gasteiger partial charge in [-0.05, 0) is 6.42 Å². The highest BCUT2D eigenvalue weighted by molar-refractivity contribution is 5.71. The molecule has 1 N–H and O–H groups in total. The number of esters is 1. The highest BCUT2D eigenvalue weighted by Gasteiger charge is 2.11. The lowest BCUT2D eigenvalue weighted by molar-refractivity contribution is -0.150. The number of aliphatic hydroxyl groups excluding tert-OH is 1. The maximum atomic E-state index is 11.3. The molecule has 0 aromatic heterocycles. The Morgan fingerprint density at radius 1 is 0.826 bits per heavy atom. The zero-order valence-corrected chi connectivity index (χ0v) is 15.8. The van der Waals surface area contributed by atoms with Gasteiger partial charge in [0.15, 0.2) is 0 Å². The molecule has 138 valence electrons. The van der Waals surface area contributed by atoms with Gasteiger partial charge < -0.3 is 9.84 Å². The molecule has 0 bridgehead atoms. The molecule has 0 aromatic carbocycles. The van der Waals surface area contributed by atoms with E-state index in [-0.39, 0.29) is 18.5 Å². The van der Waals surface area contributed by atoms with Gasteiger partial charge in [-0.15, -0.1) is 0 Å². The normalized spacial score (nSPS) is 12.6. The second-order valence-corrected chi connectivity index (χ2v) is 7.12. The number of ether oxygens (including phenoxy) is 1. The summed E-state index contributed by atoms with van der Waals surface area (Å²) in [4.78, 5) is 11.3. The summed E-state index contributed by atoms with van der Waals surface area (Å²) in [6, 6.07) is 0. The van der Waals surface area contributed by atoms with Gasteiger partial charge in [0, 0.05) is 0 Å². The van der Waals surface area contributed by atoms with Gasteiger partial charge in [0.2, 0.25) is 0 Å². The summed E-state index contributed by atoms with van der Waals surface area (Å²) in [5.74, 6) is -0.340. The van der Waals surface area contributed by atoms with Crippen LogP contribution in [-0.2, 0) is 9.53 Å². The minimum Gasteiger partial charge on any atom is -0.463 e. The first-order chi connectivity index (χ1) is 11.1. The van der Waals surface area contributed by atoms with Crippen molar-refractivity contribution in [3.63, 3.8) is 0 Å². The van der Waals surface area contributed by atoms with Gasteiger partial charge in [-0.3, -0.25) is 4.79 Å². The van der Waals surface area contributed by atoms with Crippen LogP contribution in [0, 0.1) is 5.92 Å². The minimum absolute atomic E-state index is 0.117. The highest BCUT2D eigenvalue weighted by atomic mass is 16.5. The van der Waals surface area contributed by atoms with Crippen molar-refractivity contribution in [3.8, 4) is 0 Å². The Morgan fingerprint density at radius 2 is 1.26 bits per heavy atom. The molecule has 0 aromatic rings. The molecule has 0 saturated heterocycles. The molecule has 1 unspecified atom stereocenters. The average molecular weight is 329 g/mol. The highest BCUT2D eigenvalue weighted by Crippen LogP contribution is 2.13. The van der Waals surface area contributed by atoms with E-state index < -0.39 is 6.10 Å². The zero-order chi connectivity index (χ0) is 17.3. The standard InChI is InChI=1S/C20H40O3/c1-4-5-6-7-8-9-10-11-12-13-14-15-16-19(21)17-23-20(22)18(2)3/h18-19,21H,4-17H2,1-3H3. The van der Waals surface area contributed by atoms with Crippen LogP contribution in [0.15, 0.2) is 0 Å². The molecule has 0 heterocycles. The predicted octanol–water partition coefficient (Wildman–Crippen LogP) is 5.64. The Bertz CT molecular complexity index is 264. The van der Waals surface area contributed by atoms with Crippen LogP contribution in [0.25, 0.3) is 0 Å². The van der Waals surface area contributed by atoms with Gasteiger partial charge >= 0.3 is 5.97 Å². The number of aliphatic hydroxyl groups is 1. The van der Waals surface area contributed by atoms with Crippen molar-refractivity contribution < 1.29 is 14.6 Å². The maximum absolute atomic E-state index is 11.3. The third-order valence-electron chi connectivity index (χ3n) is 4.28. The lowest BCUT2D eigenvalue weighted by atomic mass is 10.0. The summed E-state index contributed by atoms with van der Waals surface area (Å²) in [5.41, 5.74) is 0. The Labute approximate surface area is 144 Å². The number of rotatable bonds is 16. The van der Waals surface area contributed by atoms with Crippen LogP contribution in [0.2, 0.25) is 0 Å². The second-order valence-electron chi connectivity index (χ2n) is 7.12. The Hall–Kier alpha value is -0.570. The molecule has 3 nitrogen and oxygen atoms in total. The lowest BCUT2D eigenvalue weighted by Gasteiger charge is -2.12. The Balaban J connectivity index is 3.22. The maximum Gasteiger partial charge on any atom is 0.308 e. The molecular formula is C20H40O3. The lowest BCUT2D eigenvalue weighted by Crippen LogP contribution is -2.21. The zero-order valence-electron chi connectivity index (χ0n) is 15.8. The summed E-state index contributed by atoms with van der Waals surface area (Å²) in [7, 11) is 0. The fraction of sp³-hybridized carbons (Fsp3) is 0.950. The van der Waals surface area contributed by atoms with Crippen LogP contribution in [0.1, 0.15) is 104 Å². The van der Waals surface area contributed by atoms with E-state index in [1.165, 1.54) is 70.6 Å². The summed E-state index contributed by atoms with van der Waals surface area (Å²) < 4.78 is 5.03. The van der Waals surface area contributed by atoms with E-state index in [2.05, 4.69) is 6.92 Å². The second kappa shape index (κ2) is 16.3. The van der Waals surface area contributed by atoms with Gasteiger partial charge in [0.25, 0.3) is 0 Å². The van der Waals surface area contributed by atoms with Crippen molar-refractivity contribution in [2.45, 2.75) is 110 Å². The van der Waals surface area contributed by atoms with Crippen LogP contribution in [0.4, 0.5) is 0 Å². The van der Waals surface area contributed by atoms with E-state index in [1.54, 1.807) is 13.8 Å². The first kappa shape index (κ1) is 22.4. The molecule has 0 aliphatic rings. The topological polar surface area (TPSA) is 46.5 Å². The van der Waals surface area contributed by atoms with Crippen molar-refractivity contribution in [3.05, 3.63) is 0 Å². The fourth-order valence-corrected chi connectivity index (χ4v) is 2.65. The van der Waals surface area contributed by atoms with Gasteiger partial charge in [0.1, 0.15) is 6.61 Å². The molecule has 0 fully saturated rings. The van der Waals surface area contributed by atoms with Gasteiger partial charge in [-0.25, -0.2) is 0 Å². The molecule has 0 saturated carbocycles. The molecule has 0 aliphatic heterocycles. The molecule has 23 heavy (non-hydrogen) atoms. The first-order valence-corrected chi connectivity index (χ1v) is 9.92. The van der Waals surface area contributed by atoms with Crippen LogP contribution in [0.5, 0.6) is 0 Å². The summed E-state index contributed by atoms with van der Waals surface area (Å²) >= 11 is 0. The van der Waals surface area contributed by atoms with Crippen LogP contribution in [0.3, 0.4) is 0 Å². The van der Waals surface area contributed by atoms with Gasteiger partial charge in [0.05, 0.1) is 12.0 Å². The fourth-order valence-electron chi connectivity index (χ4n) is 2.65. The van der Waals surface area contributed by atoms with Crippen LogP contribution >= 0.6 is 0 Å². The third-order valence-corrected chi connectivity index (χ3v) is 4.28. The number of hydrogen-bond donors (Lipinski definition) is 1. The van der Waals surface area contributed by atoms with E-state index in [9.17, 15) is 9.90 Å². The number of unbranched alkanes of at least 4 members (excludes halogenated alkanes) is 11. The van der Waals surface area contributed by atoms with Crippen LogP contribution in [-0.4, -0.2) is 23.8 Å². The summed E-state index contributed by atoms with van der Waals surface area (Å²) in [6.45, 7) is 6.02. The van der Waals surface area contributed by atoms with E-state index >= 15 is 0 Å². The smallest absolute Gasteiger partial charge is 0.308 e. The minimum atomic E-state index is -0.499. The largest absolute Gasteiger partial charge is 0.463 e.